The van der Waals surface area contributed by atoms with E-state index in [0.717, 1.165) is 16.5 Å². The first-order chi connectivity index (χ1) is 11.1. The SMILES string of the molecule is CC(=O)Nc1ccccc1OCc1cc2ccccc2nc1Cl. The summed E-state index contributed by atoms with van der Waals surface area (Å²) in [7, 11) is 0. The molecular weight excluding hydrogens is 312 g/mol. The third kappa shape index (κ3) is 3.60. The molecule has 3 aromatic rings. The summed E-state index contributed by atoms with van der Waals surface area (Å²) in [6, 6.07) is 17.0. The third-order valence-corrected chi connectivity index (χ3v) is 3.66. The average Bonchev–Trinajstić information content (AvgIpc) is 2.53. The maximum Gasteiger partial charge on any atom is 0.221 e. The number of ether oxygens (including phenoxy) is 1. The van der Waals surface area contributed by atoms with Crippen LogP contribution in [0.4, 0.5) is 5.69 Å². The molecule has 3 rings (SSSR count). The summed E-state index contributed by atoms with van der Waals surface area (Å²) in [6.07, 6.45) is 0. The number of nitrogens with one attached hydrogen (secondary N) is 1. The Kier molecular flexibility index (Phi) is 4.44. The van der Waals surface area contributed by atoms with Gasteiger partial charge in [-0.15, -0.1) is 0 Å². The number of fused-ring (bicyclic) bond motifs is 1. The van der Waals surface area contributed by atoms with E-state index >= 15 is 0 Å². The molecule has 23 heavy (non-hydrogen) atoms. The first kappa shape index (κ1) is 15.3. The van der Waals surface area contributed by atoms with Gasteiger partial charge in [0, 0.05) is 17.9 Å². The van der Waals surface area contributed by atoms with E-state index in [1.54, 1.807) is 12.1 Å². The van der Waals surface area contributed by atoms with Crippen molar-refractivity contribution in [3.63, 3.8) is 0 Å². The van der Waals surface area contributed by atoms with Gasteiger partial charge >= 0.3 is 0 Å². The Bertz CT molecular complexity index is 865. The van der Waals surface area contributed by atoms with Gasteiger partial charge in [0.25, 0.3) is 0 Å². The van der Waals surface area contributed by atoms with E-state index in [0.29, 0.717) is 16.6 Å². The number of amides is 1. The van der Waals surface area contributed by atoms with Crippen molar-refractivity contribution in [2.75, 3.05) is 5.32 Å². The van der Waals surface area contributed by atoms with Crippen LogP contribution < -0.4 is 10.1 Å². The molecule has 0 unspecified atom stereocenters. The normalized spacial score (nSPS) is 10.5. The van der Waals surface area contributed by atoms with Gasteiger partial charge in [0.1, 0.15) is 17.5 Å². The molecular formula is C18H15ClN2O2. The number of rotatable bonds is 4. The van der Waals surface area contributed by atoms with Gasteiger partial charge in [-0.3, -0.25) is 4.79 Å². The number of anilines is 1. The molecule has 1 N–H and O–H groups in total. The topological polar surface area (TPSA) is 51.2 Å². The molecule has 4 nitrogen and oxygen atoms in total. The average molecular weight is 327 g/mol. The molecule has 0 spiro atoms. The van der Waals surface area contributed by atoms with Crippen LogP contribution in [-0.2, 0) is 11.4 Å². The van der Waals surface area contributed by atoms with E-state index in [2.05, 4.69) is 10.3 Å². The van der Waals surface area contributed by atoms with E-state index in [4.69, 9.17) is 16.3 Å². The number of carbonyl (C=O) groups excluding carboxylic acids is 1. The van der Waals surface area contributed by atoms with Gasteiger partial charge in [-0.2, -0.15) is 0 Å². The molecule has 0 saturated carbocycles. The monoisotopic (exact) mass is 326 g/mol. The lowest BCUT2D eigenvalue weighted by molar-refractivity contribution is -0.114. The fourth-order valence-electron chi connectivity index (χ4n) is 2.28. The van der Waals surface area contributed by atoms with Crippen LogP contribution in [0.3, 0.4) is 0 Å². The molecule has 1 aromatic heterocycles. The Labute approximate surface area is 139 Å². The molecule has 0 bridgehead atoms. The van der Waals surface area contributed by atoms with Crippen molar-refractivity contribution in [1.29, 1.82) is 0 Å². The van der Waals surface area contributed by atoms with Crippen LogP contribution in [-0.4, -0.2) is 10.9 Å². The second kappa shape index (κ2) is 6.67. The zero-order valence-corrected chi connectivity index (χ0v) is 13.3. The lowest BCUT2D eigenvalue weighted by atomic mass is 10.2. The van der Waals surface area contributed by atoms with Crippen LogP contribution in [0.5, 0.6) is 5.75 Å². The maximum absolute atomic E-state index is 11.2. The molecule has 0 aliphatic rings. The quantitative estimate of drug-likeness (QED) is 0.722. The third-order valence-electron chi connectivity index (χ3n) is 3.33. The molecule has 0 radical (unpaired) electrons. The number of para-hydroxylation sites is 3. The van der Waals surface area contributed by atoms with Crippen LogP contribution >= 0.6 is 11.6 Å². The van der Waals surface area contributed by atoms with Crippen molar-refractivity contribution in [2.45, 2.75) is 13.5 Å². The number of nitrogens with zero attached hydrogens (tertiary/aromatic N) is 1. The van der Waals surface area contributed by atoms with E-state index in [1.807, 2.05) is 42.5 Å². The van der Waals surface area contributed by atoms with Crippen molar-refractivity contribution in [3.8, 4) is 5.75 Å². The summed E-state index contributed by atoms with van der Waals surface area (Å²) < 4.78 is 5.81. The van der Waals surface area contributed by atoms with E-state index in [-0.39, 0.29) is 12.5 Å². The van der Waals surface area contributed by atoms with Crippen LogP contribution in [0.1, 0.15) is 12.5 Å². The Hall–Kier alpha value is -2.59. The van der Waals surface area contributed by atoms with Gasteiger partial charge < -0.3 is 10.1 Å². The van der Waals surface area contributed by atoms with Crippen molar-refractivity contribution in [1.82, 2.24) is 4.98 Å². The molecule has 5 heteroatoms. The van der Waals surface area contributed by atoms with Gasteiger partial charge in [0.05, 0.1) is 11.2 Å². The number of benzene rings is 2. The lowest BCUT2D eigenvalue weighted by Crippen LogP contribution is -2.08. The summed E-state index contributed by atoms with van der Waals surface area (Å²) in [5.74, 6) is 0.443. The summed E-state index contributed by atoms with van der Waals surface area (Å²) in [6.45, 7) is 1.73. The minimum absolute atomic E-state index is 0.147. The number of aromatic nitrogens is 1. The number of hydrogen-bond acceptors (Lipinski definition) is 3. The molecule has 0 fully saturated rings. The van der Waals surface area contributed by atoms with Crippen molar-refractivity contribution >= 4 is 34.1 Å². The van der Waals surface area contributed by atoms with Gasteiger partial charge in [0.15, 0.2) is 0 Å². The molecule has 0 aliphatic heterocycles. The highest BCUT2D eigenvalue weighted by molar-refractivity contribution is 6.30. The van der Waals surface area contributed by atoms with Gasteiger partial charge in [-0.25, -0.2) is 4.98 Å². The maximum atomic E-state index is 11.2. The first-order valence-corrected chi connectivity index (χ1v) is 7.55. The Balaban J connectivity index is 1.84. The zero-order chi connectivity index (χ0) is 16.2. The molecule has 1 amide bonds. The second-order valence-corrected chi connectivity index (χ2v) is 5.46. The molecule has 116 valence electrons. The Morgan fingerprint density at radius 1 is 1.17 bits per heavy atom. The van der Waals surface area contributed by atoms with E-state index < -0.39 is 0 Å². The lowest BCUT2D eigenvalue weighted by Gasteiger charge is -2.12. The van der Waals surface area contributed by atoms with Crippen molar-refractivity contribution < 1.29 is 9.53 Å². The molecule has 0 aliphatic carbocycles. The largest absolute Gasteiger partial charge is 0.487 e. The summed E-state index contributed by atoms with van der Waals surface area (Å²) in [4.78, 5) is 15.6. The highest BCUT2D eigenvalue weighted by Crippen LogP contribution is 2.27. The predicted molar refractivity (Wildman–Crippen MR) is 91.8 cm³/mol. The zero-order valence-electron chi connectivity index (χ0n) is 12.5. The fraction of sp³-hybridized carbons (Fsp3) is 0.111. The molecule has 0 atom stereocenters. The van der Waals surface area contributed by atoms with E-state index in [1.165, 1.54) is 6.92 Å². The highest BCUT2D eigenvalue weighted by atomic mass is 35.5. The number of carbonyl (C=O) groups is 1. The van der Waals surface area contributed by atoms with E-state index in [9.17, 15) is 4.79 Å². The standard InChI is InChI=1S/C18H15ClN2O2/c1-12(22)20-16-8-4-5-9-17(16)23-11-14-10-13-6-2-3-7-15(13)21-18(14)19/h2-10H,11H2,1H3,(H,20,22). The fourth-order valence-corrected chi connectivity index (χ4v) is 2.48. The smallest absolute Gasteiger partial charge is 0.221 e. The Morgan fingerprint density at radius 2 is 1.91 bits per heavy atom. The second-order valence-electron chi connectivity index (χ2n) is 5.10. The van der Waals surface area contributed by atoms with Gasteiger partial charge in [-0.05, 0) is 24.3 Å². The first-order valence-electron chi connectivity index (χ1n) is 7.17. The van der Waals surface area contributed by atoms with Crippen LogP contribution in [0.2, 0.25) is 5.15 Å². The summed E-state index contributed by atoms with van der Waals surface area (Å²) in [5.41, 5.74) is 2.27. The minimum Gasteiger partial charge on any atom is -0.487 e. The Morgan fingerprint density at radius 3 is 2.74 bits per heavy atom. The van der Waals surface area contributed by atoms with Crippen LogP contribution in [0, 0.1) is 0 Å². The van der Waals surface area contributed by atoms with Crippen molar-refractivity contribution in [3.05, 3.63) is 65.3 Å². The molecule has 0 saturated heterocycles. The van der Waals surface area contributed by atoms with Crippen molar-refractivity contribution in [2.24, 2.45) is 0 Å². The number of halogens is 1. The molecule has 1 heterocycles. The van der Waals surface area contributed by atoms with Crippen LogP contribution in [0.15, 0.2) is 54.6 Å². The molecule has 2 aromatic carbocycles. The van der Waals surface area contributed by atoms with Crippen LogP contribution in [0.25, 0.3) is 10.9 Å². The predicted octanol–water partition coefficient (Wildman–Crippen LogP) is 4.43. The van der Waals surface area contributed by atoms with Gasteiger partial charge in [0.2, 0.25) is 5.91 Å². The minimum atomic E-state index is -0.147. The summed E-state index contributed by atoms with van der Waals surface area (Å²) in [5, 5.41) is 4.16. The summed E-state index contributed by atoms with van der Waals surface area (Å²) >= 11 is 6.23. The number of pyridine rings is 1. The highest BCUT2D eigenvalue weighted by Gasteiger charge is 2.08. The van der Waals surface area contributed by atoms with Gasteiger partial charge in [-0.1, -0.05) is 41.9 Å². The number of hydrogen-bond donors (Lipinski definition) is 1.